The summed E-state index contributed by atoms with van der Waals surface area (Å²) in [6.07, 6.45) is 5.26. The van der Waals surface area contributed by atoms with Crippen LogP contribution in [-0.4, -0.2) is 23.1 Å². The lowest BCUT2D eigenvalue weighted by molar-refractivity contribution is 0.521. The molecule has 3 nitrogen and oxygen atoms in total. The van der Waals surface area contributed by atoms with Crippen molar-refractivity contribution in [2.24, 2.45) is 5.92 Å². The van der Waals surface area contributed by atoms with Crippen molar-refractivity contribution < 1.29 is 0 Å². The molecule has 5 heteroatoms. The Bertz CT molecular complexity index is 372. The van der Waals surface area contributed by atoms with E-state index in [1.807, 2.05) is 0 Å². The number of hydrogen-bond donors (Lipinski definition) is 0. The predicted molar refractivity (Wildman–Crippen MR) is 70.0 cm³/mol. The van der Waals surface area contributed by atoms with Gasteiger partial charge in [0, 0.05) is 13.1 Å². The molecule has 0 aromatic carbocycles. The highest BCUT2D eigenvalue weighted by atomic mass is 79.9. The molecular formula is C11H15BrClN3. The summed E-state index contributed by atoms with van der Waals surface area (Å²) < 4.78 is 0.811. The molecule has 88 valence electrons. The van der Waals surface area contributed by atoms with Crippen molar-refractivity contribution >= 4 is 33.3 Å². The zero-order chi connectivity index (χ0) is 11.5. The molecular weight excluding hydrogens is 289 g/mol. The topological polar surface area (TPSA) is 29.0 Å². The van der Waals surface area contributed by atoms with Crippen LogP contribution in [0.1, 0.15) is 26.2 Å². The Morgan fingerprint density at radius 3 is 3.00 bits per heavy atom. The average molecular weight is 305 g/mol. The fourth-order valence-electron chi connectivity index (χ4n) is 2.04. The summed E-state index contributed by atoms with van der Waals surface area (Å²) in [4.78, 5) is 10.6. The summed E-state index contributed by atoms with van der Waals surface area (Å²) in [5, 5.41) is 0.488. The average Bonchev–Trinajstić information content (AvgIpc) is 2.47. The quantitative estimate of drug-likeness (QED) is 0.743. The van der Waals surface area contributed by atoms with Crippen LogP contribution in [0.4, 0.5) is 5.82 Å². The van der Waals surface area contributed by atoms with Crippen LogP contribution in [0.25, 0.3) is 0 Å². The molecule has 1 fully saturated rings. The number of halogens is 2. The molecule has 0 amide bonds. The van der Waals surface area contributed by atoms with E-state index in [9.17, 15) is 0 Å². The first kappa shape index (κ1) is 12.1. The molecule has 1 saturated heterocycles. The molecule has 0 spiro atoms. The van der Waals surface area contributed by atoms with Crippen molar-refractivity contribution in [3.63, 3.8) is 0 Å². The predicted octanol–water partition coefficient (Wildman–Crippen LogP) is 3.52. The Morgan fingerprint density at radius 2 is 2.19 bits per heavy atom. The smallest absolute Gasteiger partial charge is 0.148 e. The number of anilines is 1. The standard InChI is InChI=1S/C11H15BrClN3/c1-8-3-2-5-16(6-4-8)11-9(12)10(13)14-7-15-11/h7-8H,2-6H2,1H3. The van der Waals surface area contributed by atoms with Crippen molar-refractivity contribution in [2.45, 2.75) is 26.2 Å². The van der Waals surface area contributed by atoms with E-state index in [2.05, 4.69) is 37.7 Å². The van der Waals surface area contributed by atoms with Crippen LogP contribution in [-0.2, 0) is 0 Å². The first-order valence-electron chi connectivity index (χ1n) is 5.59. The highest BCUT2D eigenvalue weighted by molar-refractivity contribution is 9.10. The van der Waals surface area contributed by atoms with Gasteiger partial charge in [0.05, 0.1) is 4.47 Å². The zero-order valence-corrected chi connectivity index (χ0v) is 11.6. The highest BCUT2D eigenvalue weighted by Gasteiger charge is 2.18. The van der Waals surface area contributed by atoms with E-state index in [-0.39, 0.29) is 0 Å². The minimum atomic E-state index is 0.488. The second-order valence-electron chi connectivity index (χ2n) is 4.33. The van der Waals surface area contributed by atoms with Crippen molar-refractivity contribution in [2.75, 3.05) is 18.0 Å². The van der Waals surface area contributed by atoms with Gasteiger partial charge in [-0.05, 0) is 41.1 Å². The monoisotopic (exact) mass is 303 g/mol. The summed E-state index contributed by atoms with van der Waals surface area (Å²) in [5.74, 6) is 1.73. The lowest BCUT2D eigenvalue weighted by Gasteiger charge is -2.22. The molecule has 0 N–H and O–H groups in total. The normalized spacial score (nSPS) is 21.9. The second-order valence-corrected chi connectivity index (χ2v) is 5.48. The van der Waals surface area contributed by atoms with Gasteiger partial charge in [0.15, 0.2) is 0 Å². The molecule has 2 rings (SSSR count). The molecule has 2 heterocycles. The van der Waals surface area contributed by atoms with Crippen LogP contribution in [0.15, 0.2) is 10.8 Å². The summed E-state index contributed by atoms with van der Waals surface area (Å²) in [5.41, 5.74) is 0. The van der Waals surface area contributed by atoms with Crippen molar-refractivity contribution in [1.82, 2.24) is 9.97 Å². The molecule has 0 aliphatic carbocycles. The van der Waals surface area contributed by atoms with Crippen molar-refractivity contribution in [3.05, 3.63) is 16.0 Å². The van der Waals surface area contributed by atoms with Crippen LogP contribution in [0.2, 0.25) is 5.15 Å². The van der Waals surface area contributed by atoms with Gasteiger partial charge in [0.25, 0.3) is 0 Å². The largest absolute Gasteiger partial charge is 0.356 e. The van der Waals surface area contributed by atoms with Gasteiger partial charge in [-0.3, -0.25) is 0 Å². The van der Waals surface area contributed by atoms with Crippen LogP contribution < -0.4 is 4.90 Å². The van der Waals surface area contributed by atoms with Gasteiger partial charge in [0.2, 0.25) is 0 Å². The summed E-state index contributed by atoms with van der Waals surface area (Å²) in [6.45, 7) is 4.41. The summed E-state index contributed by atoms with van der Waals surface area (Å²) >= 11 is 9.44. The fourth-order valence-corrected chi connectivity index (χ4v) is 2.62. The van der Waals surface area contributed by atoms with Gasteiger partial charge >= 0.3 is 0 Å². The van der Waals surface area contributed by atoms with E-state index in [4.69, 9.17) is 11.6 Å². The zero-order valence-electron chi connectivity index (χ0n) is 9.29. The third-order valence-corrected chi connectivity index (χ3v) is 4.29. The highest BCUT2D eigenvalue weighted by Crippen LogP contribution is 2.31. The number of nitrogens with zero attached hydrogens (tertiary/aromatic N) is 3. The number of rotatable bonds is 1. The Balaban J connectivity index is 2.20. The molecule has 1 unspecified atom stereocenters. The van der Waals surface area contributed by atoms with Gasteiger partial charge in [-0.2, -0.15) is 0 Å². The van der Waals surface area contributed by atoms with Gasteiger partial charge in [0.1, 0.15) is 17.3 Å². The Kier molecular flexibility index (Phi) is 4.03. The summed E-state index contributed by atoms with van der Waals surface area (Å²) in [6, 6.07) is 0. The molecule has 0 bridgehead atoms. The fraction of sp³-hybridized carbons (Fsp3) is 0.636. The molecule has 1 aliphatic rings. The van der Waals surface area contributed by atoms with Gasteiger partial charge in [-0.1, -0.05) is 18.5 Å². The van der Waals surface area contributed by atoms with E-state index in [0.29, 0.717) is 5.15 Å². The maximum absolute atomic E-state index is 5.98. The first-order valence-corrected chi connectivity index (χ1v) is 6.76. The Labute approximate surface area is 109 Å². The van der Waals surface area contributed by atoms with Crippen LogP contribution >= 0.6 is 27.5 Å². The van der Waals surface area contributed by atoms with Crippen LogP contribution in [0.3, 0.4) is 0 Å². The molecule has 0 saturated carbocycles. The van der Waals surface area contributed by atoms with Gasteiger partial charge < -0.3 is 4.90 Å². The van der Waals surface area contributed by atoms with Crippen LogP contribution in [0, 0.1) is 5.92 Å². The number of hydrogen-bond acceptors (Lipinski definition) is 3. The Hall–Kier alpha value is -0.350. The minimum Gasteiger partial charge on any atom is -0.356 e. The molecule has 1 atom stereocenters. The molecule has 1 aliphatic heterocycles. The maximum Gasteiger partial charge on any atom is 0.148 e. The molecule has 1 aromatic heterocycles. The van der Waals surface area contributed by atoms with Gasteiger partial charge in [-0.25, -0.2) is 9.97 Å². The first-order chi connectivity index (χ1) is 7.68. The minimum absolute atomic E-state index is 0.488. The van der Waals surface area contributed by atoms with E-state index in [1.54, 1.807) is 0 Å². The second kappa shape index (κ2) is 5.32. The number of aromatic nitrogens is 2. The van der Waals surface area contributed by atoms with Crippen LogP contribution in [0.5, 0.6) is 0 Å². The SMILES string of the molecule is CC1CCCN(c2ncnc(Cl)c2Br)CC1. The van der Waals surface area contributed by atoms with E-state index < -0.39 is 0 Å². The lowest BCUT2D eigenvalue weighted by atomic mass is 10.0. The third kappa shape index (κ3) is 2.66. The lowest BCUT2D eigenvalue weighted by Crippen LogP contribution is -2.25. The van der Waals surface area contributed by atoms with E-state index in [0.717, 1.165) is 29.3 Å². The van der Waals surface area contributed by atoms with Crippen molar-refractivity contribution in [3.8, 4) is 0 Å². The molecule has 16 heavy (non-hydrogen) atoms. The maximum atomic E-state index is 5.98. The van der Waals surface area contributed by atoms with Crippen molar-refractivity contribution in [1.29, 1.82) is 0 Å². The van der Waals surface area contributed by atoms with Gasteiger partial charge in [-0.15, -0.1) is 0 Å². The van der Waals surface area contributed by atoms with E-state index in [1.165, 1.54) is 25.6 Å². The summed E-state index contributed by atoms with van der Waals surface area (Å²) in [7, 11) is 0. The molecule has 0 radical (unpaired) electrons. The molecule has 1 aromatic rings. The van der Waals surface area contributed by atoms with E-state index >= 15 is 0 Å². The Morgan fingerprint density at radius 1 is 1.38 bits per heavy atom. The third-order valence-electron chi connectivity index (χ3n) is 3.04.